The minimum Gasteiger partial charge on any atom is -0.202 e. The van der Waals surface area contributed by atoms with Gasteiger partial charge in [0.2, 0.25) is 5.41 Å². The molecule has 0 fully saturated rings. The lowest BCUT2D eigenvalue weighted by Crippen LogP contribution is -2.50. The fraction of sp³-hybridized carbons (Fsp3) is 0.0526. The predicted molar refractivity (Wildman–Crippen MR) is 111 cm³/mol. The Kier molecular flexibility index (Phi) is 3.21. The van der Waals surface area contributed by atoms with Gasteiger partial charge in [0.15, 0.2) is 0 Å². The SMILES string of the molecule is [SiH3]C(n1nnc2ccccc21)(n1nnc2ccccc21)n1nnc2ccccc21. The lowest BCUT2D eigenvalue weighted by molar-refractivity contribution is 0.235. The van der Waals surface area contributed by atoms with Crippen LogP contribution in [0, 0.1) is 0 Å². The van der Waals surface area contributed by atoms with Crippen LogP contribution in [0.5, 0.6) is 0 Å². The number of benzene rings is 3. The quantitative estimate of drug-likeness (QED) is 0.413. The van der Waals surface area contributed by atoms with Gasteiger partial charge in [0.1, 0.15) is 16.6 Å². The van der Waals surface area contributed by atoms with Gasteiger partial charge in [0, 0.05) is 0 Å². The number of hydrogen-bond donors (Lipinski definition) is 0. The lowest BCUT2D eigenvalue weighted by atomic mass is 10.3. The number of nitrogens with zero attached hydrogens (tertiary/aromatic N) is 9. The molecule has 140 valence electrons. The maximum absolute atomic E-state index is 4.52. The summed E-state index contributed by atoms with van der Waals surface area (Å²) in [6, 6.07) is 23.6. The number of hydrogen-bond acceptors (Lipinski definition) is 6. The van der Waals surface area contributed by atoms with Crippen LogP contribution in [0.4, 0.5) is 0 Å². The van der Waals surface area contributed by atoms with E-state index in [1.807, 2.05) is 86.8 Å². The summed E-state index contributed by atoms with van der Waals surface area (Å²) >= 11 is 0. The molecule has 3 aromatic heterocycles. The van der Waals surface area contributed by atoms with Crippen LogP contribution in [0.15, 0.2) is 72.8 Å². The first-order valence-corrected chi connectivity index (χ1v) is 10.2. The number of fused-ring (bicyclic) bond motifs is 3. The summed E-state index contributed by atoms with van der Waals surface area (Å²) in [5.74, 6) is 0. The van der Waals surface area contributed by atoms with Crippen LogP contribution < -0.4 is 0 Å². The van der Waals surface area contributed by atoms with E-state index in [-0.39, 0.29) is 0 Å². The fourth-order valence-corrected chi connectivity index (χ4v) is 4.81. The van der Waals surface area contributed by atoms with Gasteiger partial charge in [-0.3, -0.25) is 0 Å². The van der Waals surface area contributed by atoms with Gasteiger partial charge >= 0.3 is 0 Å². The third kappa shape index (κ3) is 2.14. The zero-order chi connectivity index (χ0) is 19.4. The first-order chi connectivity index (χ1) is 14.3. The molecule has 29 heavy (non-hydrogen) atoms. The summed E-state index contributed by atoms with van der Waals surface area (Å²) < 4.78 is 5.62. The van der Waals surface area contributed by atoms with Gasteiger partial charge in [0.25, 0.3) is 0 Å². The van der Waals surface area contributed by atoms with Gasteiger partial charge in [-0.05, 0) is 36.4 Å². The summed E-state index contributed by atoms with van der Waals surface area (Å²) in [4.78, 5) is 0. The van der Waals surface area contributed by atoms with Gasteiger partial charge in [-0.2, -0.15) is 0 Å². The number of aromatic nitrogens is 9. The van der Waals surface area contributed by atoms with Crippen LogP contribution in [-0.4, -0.2) is 55.2 Å². The summed E-state index contributed by atoms with van der Waals surface area (Å²) in [7, 11) is 0.568. The summed E-state index contributed by atoms with van der Waals surface area (Å²) in [6.45, 7) is 0. The fourth-order valence-electron chi connectivity index (χ4n) is 3.81. The van der Waals surface area contributed by atoms with Crippen LogP contribution in [0.3, 0.4) is 0 Å². The molecule has 0 saturated heterocycles. The van der Waals surface area contributed by atoms with Gasteiger partial charge in [0.05, 0.1) is 26.8 Å². The first kappa shape index (κ1) is 16.1. The average molecular weight is 397 g/mol. The molecule has 0 saturated carbocycles. The number of rotatable bonds is 3. The molecule has 0 radical (unpaired) electrons. The normalized spacial score (nSPS) is 12.4. The van der Waals surface area contributed by atoms with Crippen molar-refractivity contribution in [2.45, 2.75) is 5.41 Å². The lowest BCUT2D eigenvalue weighted by Gasteiger charge is -2.31. The van der Waals surface area contributed by atoms with Crippen LogP contribution >= 0.6 is 0 Å². The molecule has 6 rings (SSSR count). The molecule has 0 spiro atoms. The zero-order valence-corrected chi connectivity index (χ0v) is 17.5. The predicted octanol–water partition coefficient (Wildman–Crippen LogP) is 0.950. The molecule has 6 aromatic rings. The van der Waals surface area contributed by atoms with E-state index in [1.165, 1.54) is 0 Å². The molecule has 9 nitrogen and oxygen atoms in total. The molecule has 3 aromatic carbocycles. The summed E-state index contributed by atoms with van der Waals surface area (Å²) in [6.07, 6.45) is 0. The van der Waals surface area contributed by atoms with Crippen molar-refractivity contribution in [1.82, 2.24) is 45.0 Å². The molecule has 10 heteroatoms. The van der Waals surface area contributed by atoms with Crippen molar-refractivity contribution < 1.29 is 0 Å². The monoisotopic (exact) mass is 397 g/mol. The van der Waals surface area contributed by atoms with Crippen molar-refractivity contribution >= 4 is 43.3 Å². The third-order valence-corrected chi connectivity index (χ3v) is 6.53. The Morgan fingerprint density at radius 2 is 0.828 bits per heavy atom. The molecule has 0 aliphatic heterocycles. The van der Waals surface area contributed by atoms with Crippen LogP contribution in [0.25, 0.3) is 33.1 Å². The van der Waals surface area contributed by atoms with E-state index in [2.05, 4.69) is 30.9 Å². The Labute approximate surface area is 167 Å². The number of para-hydroxylation sites is 3. The molecular weight excluding hydrogens is 382 g/mol. The van der Waals surface area contributed by atoms with Crippen molar-refractivity contribution in [1.29, 1.82) is 0 Å². The highest BCUT2D eigenvalue weighted by Crippen LogP contribution is 2.27. The largest absolute Gasteiger partial charge is 0.225 e. The minimum atomic E-state index is -0.873. The molecule has 0 aliphatic rings. The van der Waals surface area contributed by atoms with Gasteiger partial charge < -0.3 is 0 Å². The Morgan fingerprint density at radius 1 is 0.517 bits per heavy atom. The second kappa shape index (κ2) is 5.79. The van der Waals surface area contributed by atoms with Crippen LogP contribution in [-0.2, 0) is 5.41 Å². The highest BCUT2D eigenvalue weighted by atomic mass is 28.1. The van der Waals surface area contributed by atoms with E-state index in [4.69, 9.17) is 0 Å². The topological polar surface area (TPSA) is 92.1 Å². The third-order valence-electron chi connectivity index (χ3n) is 5.26. The van der Waals surface area contributed by atoms with Crippen LogP contribution in [0.2, 0.25) is 0 Å². The second-order valence-corrected chi connectivity index (χ2v) is 8.28. The molecule has 0 bridgehead atoms. The molecule has 0 amide bonds. The Bertz CT molecular complexity index is 1320. The standard InChI is InChI=1S/C19H15N9Si/c29-19(26-16-10-4-1-7-13(16)20-23-26,27-17-11-5-2-8-14(17)21-24-27)28-18-12-6-3-9-15(18)22-25-28/h1-12H,29H3. The van der Waals surface area contributed by atoms with Crippen LogP contribution in [0.1, 0.15) is 0 Å². The van der Waals surface area contributed by atoms with E-state index >= 15 is 0 Å². The maximum Gasteiger partial charge on any atom is 0.225 e. The van der Waals surface area contributed by atoms with Crippen molar-refractivity contribution in [2.24, 2.45) is 0 Å². The van der Waals surface area contributed by atoms with E-state index in [1.54, 1.807) is 0 Å². The highest BCUT2D eigenvalue weighted by molar-refractivity contribution is 6.14. The molecule has 0 unspecified atom stereocenters. The van der Waals surface area contributed by atoms with E-state index in [9.17, 15) is 0 Å². The first-order valence-electron chi connectivity index (χ1n) is 9.19. The summed E-state index contributed by atoms with van der Waals surface area (Å²) in [5, 5.41) is 26.7. The van der Waals surface area contributed by atoms with Crippen molar-refractivity contribution in [3.63, 3.8) is 0 Å². The molecule has 0 N–H and O–H groups in total. The molecule has 3 heterocycles. The minimum absolute atomic E-state index is 0.568. The Hall–Kier alpha value is -3.92. The molecule has 0 atom stereocenters. The van der Waals surface area contributed by atoms with Crippen molar-refractivity contribution in [3.8, 4) is 0 Å². The van der Waals surface area contributed by atoms with Gasteiger partial charge in [-0.1, -0.05) is 52.0 Å². The zero-order valence-electron chi connectivity index (χ0n) is 15.5. The smallest absolute Gasteiger partial charge is 0.202 e. The average Bonchev–Trinajstić information content (AvgIpc) is 3.49. The van der Waals surface area contributed by atoms with Crippen molar-refractivity contribution in [2.75, 3.05) is 0 Å². The van der Waals surface area contributed by atoms with Crippen molar-refractivity contribution in [3.05, 3.63) is 72.8 Å². The summed E-state index contributed by atoms with van der Waals surface area (Å²) in [5.41, 5.74) is 4.22. The Balaban J connectivity index is 1.76. The van der Waals surface area contributed by atoms with Gasteiger partial charge in [-0.25, -0.2) is 14.0 Å². The van der Waals surface area contributed by atoms with E-state index in [0.29, 0.717) is 10.2 Å². The molecule has 0 aliphatic carbocycles. The Morgan fingerprint density at radius 3 is 1.17 bits per heavy atom. The highest BCUT2D eigenvalue weighted by Gasteiger charge is 2.38. The van der Waals surface area contributed by atoms with Gasteiger partial charge in [-0.15, -0.1) is 15.3 Å². The van der Waals surface area contributed by atoms with E-state index < -0.39 is 5.41 Å². The maximum atomic E-state index is 4.52. The second-order valence-electron chi connectivity index (χ2n) is 6.94. The van der Waals surface area contributed by atoms with E-state index in [0.717, 1.165) is 33.1 Å². The molecular formula is C19H15N9Si.